The Balaban J connectivity index is 2.86. The number of esters is 1. The van der Waals surface area contributed by atoms with Crippen molar-refractivity contribution >= 4 is 39.0 Å². The van der Waals surface area contributed by atoms with Gasteiger partial charge < -0.3 is 4.74 Å². The van der Waals surface area contributed by atoms with Crippen molar-refractivity contribution in [2.45, 2.75) is 0 Å². The number of rotatable bonds is 3. The summed E-state index contributed by atoms with van der Waals surface area (Å²) in [6, 6.07) is 0. The summed E-state index contributed by atoms with van der Waals surface area (Å²) in [6.07, 6.45) is 0. The van der Waals surface area contributed by atoms with E-state index in [0.717, 1.165) is 11.3 Å². The number of halogens is 1. The minimum Gasteiger partial charge on any atom is -0.464 e. The van der Waals surface area contributed by atoms with Crippen LogP contribution in [-0.4, -0.2) is 29.2 Å². The number of hydrogen-bond acceptors (Lipinski definition) is 5. The Bertz CT molecular complexity index is 306. The maximum atomic E-state index is 11.1. The highest BCUT2D eigenvalue weighted by Crippen LogP contribution is 2.12. The molecule has 0 saturated heterocycles. The molecule has 0 radical (unpaired) electrons. The molecule has 13 heavy (non-hydrogen) atoms. The highest BCUT2D eigenvalue weighted by atomic mass is 79.9. The molecular weight excluding hydrogens is 258 g/mol. The molecule has 0 spiro atoms. The van der Waals surface area contributed by atoms with Crippen LogP contribution in [0.3, 0.4) is 0 Å². The Labute approximate surface area is 87.1 Å². The van der Waals surface area contributed by atoms with Gasteiger partial charge >= 0.3 is 5.97 Å². The second kappa shape index (κ2) is 4.48. The van der Waals surface area contributed by atoms with Gasteiger partial charge in [0, 0.05) is 5.38 Å². The molecule has 4 nitrogen and oxygen atoms in total. The summed E-state index contributed by atoms with van der Waals surface area (Å²) in [5.74, 6) is -0.662. The van der Waals surface area contributed by atoms with Crippen LogP contribution < -0.4 is 0 Å². The fourth-order valence-electron chi connectivity index (χ4n) is 0.657. The van der Waals surface area contributed by atoms with Gasteiger partial charge in [0.2, 0.25) is 5.78 Å². The zero-order valence-corrected chi connectivity index (χ0v) is 9.15. The van der Waals surface area contributed by atoms with Crippen molar-refractivity contribution < 1.29 is 14.3 Å². The zero-order chi connectivity index (χ0) is 9.84. The van der Waals surface area contributed by atoms with Crippen LogP contribution in [0, 0.1) is 0 Å². The summed E-state index contributed by atoms with van der Waals surface area (Å²) in [5, 5.41) is 2.03. The predicted molar refractivity (Wildman–Crippen MR) is 51.6 cm³/mol. The molecule has 1 rings (SSSR count). The first kappa shape index (κ1) is 10.3. The van der Waals surface area contributed by atoms with Gasteiger partial charge in [-0.1, -0.05) is 15.9 Å². The third-order valence-electron chi connectivity index (χ3n) is 1.26. The summed E-state index contributed by atoms with van der Waals surface area (Å²) >= 11 is 4.15. The Morgan fingerprint density at radius 1 is 1.69 bits per heavy atom. The van der Waals surface area contributed by atoms with Crippen molar-refractivity contribution in [3.63, 3.8) is 0 Å². The molecule has 0 unspecified atom stereocenters. The van der Waals surface area contributed by atoms with Gasteiger partial charge in [-0.2, -0.15) is 0 Å². The number of carbonyl (C=O) groups excluding carboxylic acids is 2. The van der Waals surface area contributed by atoms with Crippen LogP contribution in [-0.2, 0) is 4.74 Å². The molecule has 0 fully saturated rings. The van der Waals surface area contributed by atoms with Gasteiger partial charge in [0.1, 0.15) is 0 Å². The summed E-state index contributed by atoms with van der Waals surface area (Å²) in [5.41, 5.74) is 0.178. The molecule has 70 valence electrons. The third kappa shape index (κ3) is 2.35. The van der Waals surface area contributed by atoms with E-state index in [9.17, 15) is 9.59 Å². The molecule has 0 amide bonds. The van der Waals surface area contributed by atoms with E-state index in [1.165, 1.54) is 12.5 Å². The zero-order valence-electron chi connectivity index (χ0n) is 6.74. The van der Waals surface area contributed by atoms with E-state index in [-0.39, 0.29) is 16.8 Å². The number of ether oxygens (including phenoxy) is 1. The molecule has 0 bridgehead atoms. The molecule has 0 saturated carbocycles. The number of hydrogen-bond donors (Lipinski definition) is 0. The lowest BCUT2D eigenvalue weighted by atomic mass is 10.4. The standard InChI is InChI=1S/C7H6BrNO3S/c1-12-7(11)4-3-13-6(9-4)5(10)2-8/h3H,2H2,1H3. The lowest BCUT2D eigenvalue weighted by molar-refractivity contribution is 0.0595. The first-order chi connectivity index (χ1) is 6.19. The first-order valence-electron chi connectivity index (χ1n) is 3.32. The molecule has 0 aliphatic heterocycles. The van der Waals surface area contributed by atoms with E-state index < -0.39 is 5.97 Å². The van der Waals surface area contributed by atoms with Crippen molar-refractivity contribution in [2.24, 2.45) is 0 Å². The maximum Gasteiger partial charge on any atom is 0.357 e. The quantitative estimate of drug-likeness (QED) is 0.471. The number of carbonyl (C=O) groups is 2. The molecule has 0 aromatic carbocycles. The summed E-state index contributed by atoms with van der Waals surface area (Å²) in [4.78, 5) is 25.8. The van der Waals surface area contributed by atoms with Crippen molar-refractivity contribution in [2.75, 3.05) is 12.4 Å². The van der Waals surface area contributed by atoms with Crippen LogP contribution in [0.2, 0.25) is 0 Å². The largest absolute Gasteiger partial charge is 0.464 e. The Kier molecular flexibility index (Phi) is 3.56. The normalized spacial score (nSPS) is 9.69. The van der Waals surface area contributed by atoms with E-state index in [2.05, 4.69) is 25.7 Å². The predicted octanol–water partition coefficient (Wildman–Crippen LogP) is 1.51. The monoisotopic (exact) mass is 263 g/mol. The van der Waals surface area contributed by atoms with E-state index >= 15 is 0 Å². The number of nitrogens with zero attached hydrogens (tertiary/aromatic N) is 1. The number of methoxy groups -OCH3 is 1. The van der Waals surface area contributed by atoms with Gasteiger partial charge in [-0.3, -0.25) is 4.79 Å². The molecule has 6 heteroatoms. The van der Waals surface area contributed by atoms with Crippen LogP contribution in [0.15, 0.2) is 5.38 Å². The lowest BCUT2D eigenvalue weighted by Crippen LogP contribution is -2.04. The number of Topliss-reactive ketones (excluding diaryl/α,β-unsaturated/α-hetero) is 1. The Morgan fingerprint density at radius 3 is 2.92 bits per heavy atom. The van der Waals surface area contributed by atoms with Crippen LogP contribution in [0.1, 0.15) is 20.3 Å². The summed E-state index contributed by atoms with van der Waals surface area (Å²) < 4.78 is 4.45. The fourth-order valence-corrected chi connectivity index (χ4v) is 1.84. The van der Waals surface area contributed by atoms with Crippen molar-refractivity contribution in [3.8, 4) is 0 Å². The van der Waals surface area contributed by atoms with Crippen molar-refractivity contribution in [1.82, 2.24) is 4.98 Å². The summed E-state index contributed by atoms with van der Waals surface area (Å²) in [6.45, 7) is 0. The van der Waals surface area contributed by atoms with Gasteiger partial charge in [-0.15, -0.1) is 11.3 Å². The molecule has 1 aromatic heterocycles. The van der Waals surface area contributed by atoms with Gasteiger partial charge in [0.15, 0.2) is 10.7 Å². The number of thiazole rings is 1. The highest BCUT2D eigenvalue weighted by Gasteiger charge is 2.14. The number of ketones is 1. The van der Waals surface area contributed by atoms with Gasteiger partial charge in [0.05, 0.1) is 12.4 Å². The highest BCUT2D eigenvalue weighted by molar-refractivity contribution is 9.09. The Hall–Kier alpha value is -0.750. The van der Waals surface area contributed by atoms with Crippen LogP contribution in [0.4, 0.5) is 0 Å². The topological polar surface area (TPSA) is 56.3 Å². The molecule has 0 aliphatic rings. The van der Waals surface area contributed by atoms with E-state index in [1.807, 2.05) is 0 Å². The number of alkyl halides is 1. The van der Waals surface area contributed by atoms with Gasteiger partial charge in [0.25, 0.3) is 0 Å². The molecule has 1 heterocycles. The average molecular weight is 264 g/mol. The minimum atomic E-state index is -0.523. The minimum absolute atomic E-state index is 0.139. The van der Waals surface area contributed by atoms with E-state index in [1.54, 1.807) is 0 Å². The smallest absolute Gasteiger partial charge is 0.357 e. The second-order valence-electron chi connectivity index (χ2n) is 2.09. The number of aromatic nitrogens is 1. The fraction of sp³-hybridized carbons (Fsp3) is 0.286. The van der Waals surface area contributed by atoms with Crippen LogP contribution in [0.5, 0.6) is 0 Å². The van der Waals surface area contributed by atoms with E-state index in [4.69, 9.17) is 0 Å². The van der Waals surface area contributed by atoms with Gasteiger partial charge in [-0.25, -0.2) is 9.78 Å². The van der Waals surface area contributed by atoms with Crippen molar-refractivity contribution in [1.29, 1.82) is 0 Å². The van der Waals surface area contributed by atoms with Crippen LogP contribution >= 0.6 is 27.3 Å². The molecular formula is C7H6BrNO3S. The van der Waals surface area contributed by atoms with Crippen LogP contribution in [0.25, 0.3) is 0 Å². The maximum absolute atomic E-state index is 11.1. The van der Waals surface area contributed by atoms with Crippen molar-refractivity contribution in [3.05, 3.63) is 16.1 Å². The van der Waals surface area contributed by atoms with Gasteiger partial charge in [-0.05, 0) is 0 Å². The third-order valence-corrected chi connectivity index (χ3v) is 2.65. The molecule has 0 aliphatic carbocycles. The molecule has 0 N–H and O–H groups in total. The van der Waals surface area contributed by atoms with E-state index in [0.29, 0.717) is 5.01 Å². The SMILES string of the molecule is COC(=O)c1csc(C(=O)CBr)n1. The average Bonchev–Trinajstić information content (AvgIpc) is 2.64. The first-order valence-corrected chi connectivity index (χ1v) is 5.32. The molecule has 1 aromatic rings. The summed E-state index contributed by atoms with van der Waals surface area (Å²) in [7, 11) is 1.27. The Morgan fingerprint density at radius 2 is 2.38 bits per heavy atom. The second-order valence-corrected chi connectivity index (χ2v) is 3.51. The molecule has 0 atom stereocenters. The lowest BCUT2D eigenvalue weighted by Gasteiger charge is -1.91.